The number of nitrogen functional groups attached to an aromatic ring is 1. The molecule has 1 fully saturated rings. The first-order chi connectivity index (χ1) is 58.3. The van der Waals surface area contributed by atoms with Gasteiger partial charge in [-0.3, -0.25) is 54.0 Å². The largest absolute Gasteiger partial charge is 0.508 e. The fourth-order valence-electron chi connectivity index (χ4n) is 9.85. The lowest BCUT2D eigenvalue weighted by molar-refractivity contribution is -0.385. The van der Waals surface area contributed by atoms with Gasteiger partial charge < -0.3 is 35.5 Å². The number of hydrogen-bond acceptors (Lipinski definition) is 23. The number of carbonyl (C=O) groups excluding carboxylic acids is 3. The molecule has 0 spiro atoms. The maximum absolute atomic E-state index is 12.4. The molecule has 32 nitrogen and oxygen atoms in total. The number of nitro benzene ring substituents is 3. The molecule has 36 heteroatoms. The number of para-hydroxylation sites is 6. The number of sulfonamides is 4. The lowest BCUT2D eigenvalue weighted by Crippen LogP contribution is -2.14. The Kier molecular flexibility index (Phi) is 34.2. The molecule has 1 saturated heterocycles. The van der Waals surface area contributed by atoms with E-state index in [1.165, 1.54) is 183 Å². The van der Waals surface area contributed by atoms with Gasteiger partial charge in [-0.15, -0.1) is 0 Å². The van der Waals surface area contributed by atoms with Gasteiger partial charge in [-0.2, -0.15) is 0 Å². The van der Waals surface area contributed by atoms with Crippen molar-refractivity contribution in [3.8, 4) is 17.2 Å². The van der Waals surface area contributed by atoms with Crippen LogP contribution in [-0.2, 0) is 44.8 Å². The van der Waals surface area contributed by atoms with E-state index in [1.807, 2.05) is 48.5 Å². The van der Waals surface area contributed by atoms with Gasteiger partial charge in [0.05, 0.1) is 51.0 Å². The monoisotopic (exact) mass is 1730 g/mol. The van der Waals surface area contributed by atoms with E-state index in [1.54, 1.807) is 133 Å². The average Bonchev–Trinajstić information content (AvgIpc) is 0.865. The highest BCUT2D eigenvalue weighted by Gasteiger charge is 2.21. The molecule has 0 atom stereocenters. The highest BCUT2D eigenvalue weighted by atomic mass is 32.2. The van der Waals surface area contributed by atoms with E-state index in [-0.39, 0.29) is 76.5 Å². The number of non-ortho nitro benzene ring substituents is 3. The number of nitrogens with one attached hydrogen (secondary N) is 5. The molecule has 14 rings (SSSR count). The Balaban J connectivity index is 0.000000187. The molecule has 1 aliphatic heterocycles. The van der Waals surface area contributed by atoms with E-state index in [9.17, 15) is 83.2 Å². The van der Waals surface area contributed by atoms with Crippen LogP contribution < -0.4 is 39.4 Å². The van der Waals surface area contributed by atoms with E-state index in [4.69, 9.17) is 30.2 Å². The van der Waals surface area contributed by atoms with Crippen molar-refractivity contribution in [1.82, 2.24) is 0 Å². The van der Waals surface area contributed by atoms with Crippen molar-refractivity contribution in [2.75, 3.05) is 43.2 Å². The summed E-state index contributed by atoms with van der Waals surface area (Å²) in [5.74, 6) is -2.52. The van der Waals surface area contributed by atoms with Crippen molar-refractivity contribution in [2.24, 2.45) is 0 Å². The molecular formula is C86H75N9O23S4. The Bertz CT molecular complexity index is 5910. The molecule has 0 bridgehead atoms. The molecule has 0 unspecified atom stereocenters. The summed E-state index contributed by atoms with van der Waals surface area (Å²) >= 11 is 0. The Morgan fingerprint density at radius 2 is 0.574 bits per heavy atom. The molecule has 13 aromatic rings. The number of nitro groups is 3. The van der Waals surface area contributed by atoms with Gasteiger partial charge in [-0.1, -0.05) is 109 Å². The number of anilines is 6. The third-order valence-electron chi connectivity index (χ3n) is 16.0. The summed E-state index contributed by atoms with van der Waals surface area (Å²) in [6.45, 7) is 2.00. The van der Waals surface area contributed by atoms with Crippen LogP contribution in [0.2, 0.25) is 0 Å². The fourth-order valence-corrected chi connectivity index (χ4v) is 14.1. The summed E-state index contributed by atoms with van der Waals surface area (Å²) in [5.41, 5.74) is 9.05. The van der Waals surface area contributed by atoms with Crippen molar-refractivity contribution >= 4 is 115 Å². The molecule has 13 aromatic carbocycles. The maximum atomic E-state index is 12.4. The van der Waals surface area contributed by atoms with Crippen LogP contribution in [0.5, 0.6) is 17.2 Å². The van der Waals surface area contributed by atoms with Crippen LogP contribution >= 0.6 is 0 Å². The average molecular weight is 1730 g/mol. The number of rotatable bonds is 22. The smallest absolute Gasteiger partial charge is 0.343 e. The Morgan fingerprint density at radius 3 is 0.811 bits per heavy atom. The van der Waals surface area contributed by atoms with E-state index >= 15 is 0 Å². The predicted molar refractivity (Wildman–Crippen MR) is 458 cm³/mol. The normalized spacial score (nSPS) is 11.1. The first-order valence-electron chi connectivity index (χ1n) is 35.9. The molecule has 1 amide bonds. The molecule has 0 aliphatic carbocycles. The van der Waals surface area contributed by atoms with Gasteiger partial charge in [0.1, 0.15) is 17.2 Å². The van der Waals surface area contributed by atoms with Crippen molar-refractivity contribution in [1.29, 1.82) is 0 Å². The van der Waals surface area contributed by atoms with Crippen molar-refractivity contribution < 1.29 is 92.0 Å². The number of nitrogens with zero attached hydrogens (tertiary/aromatic N) is 3. The molecule has 0 aromatic heterocycles. The Hall–Kier alpha value is -15.5. The first kappa shape index (κ1) is 92.0. The highest BCUT2D eigenvalue weighted by molar-refractivity contribution is 7.93. The predicted octanol–water partition coefficient (Wildman–Crippen LogP) is 16.5. The molecule has 0 saturated carbocycles. The number of benzene rings is 13. The Labute approximate surface area is 700 Å². The minimum Gasteiger partial charge on any atom is -0.508 e. The summed E-state index contributed by atoms with van der Waals surface area (Å²) in [6, 6.07) is 88.8. The fraction of sp³-hybridized carbons (Fsp3) is 0.0465. The van der Waals surface area contributed by atoms with Gasteiger partial charge in [0.15, 0.2) is 0 Å². The molecule has 1 aliphatic rings. The number of aromatic hydroxyl groups is 1. The number of hydrogen-bond donors (Lipinski definition) is 8. The lowest BCUT2D eigenvalue weighted by Gasteiger charge is -2.09. The van der Waals surface area contributed by atoms with Crippen LogP contribution in [-0.4, -0.2) is 95.7 Å². The van der Waals surface area contributed by atoms with E-state index < -0.39 is 72.8 Å². The van der Waals surface area contributed by atoms with E-state index in [0.717, 1.165) is 18.9 Å². The van der Waals surface area contributed by atoms with Gasteiger partial charge in [-0.05, 0) is 219 Å². The molecule has 626 valence electrons. The second-order valence-electron chi connectivity index (χ2n) is 24.9. The third-order valence-corrected chi connectivity index (χ3v) is 21.6. The number of esters is 2. The van der Waals surface area contributed by atoms with E-state index in [0.29, 0.717) is 34.0 Å². The van der Waals surface area contributed by atoms with Crippen LogP contribution in [0.1, 0.15) is 54.3 Å². The van der Waals surface area contributed by atoms with Crippen molar-refractivity contribution in [3.05, 3.63) is 404 Å². The van der Waals surface area contributed by atoms with Gasteiger partial charge in [0, 0.05) is 89.3 Å². The molecule has 9 N–H and O–H groups in total. The van der Waals surface area contributed by atoms with Gasteiger partial charge in [0.25, 0.3) is 63.1 Å². The minimum absolute atomic E-state index is 0.0109. The summed E-state index contributed by atoms with van der Waals surface area (Å²) < 4.78 is 123. The number of carbonyl (C=O) groups is 4. The van der Waals surface area contributed by atoms with Crippen molar-refractivity contribution in [3.63, 3.8) is 0 Å². The number of amides is 1. The standard InChI is InChI=1S/2C19H14N2O6S.C19H16N2O3S.C13H11NO4S.C6H5NO3.C6H7N.C4H8O/c2*22-19(27-17-10-8-16(9-11-17)21(23)24)14-6-12-18(13-7-14)28(25,26)20-15-4-2-1-3-5-15;22-19(20-16-7-3-1-4-8-16)15-11-13-18(14-12-15)25(23,24)21-17-9-5-2-6-10-17;15-13(16)10-6-8-12(9-7-10)19(17,18)14-11-4-2-1-3-5-11;8-6-3-1-5(2-4-6)7(9)10;7-6-4-2-1-3-5-6;1-2-4-5-3-1/h2*1-13,20H;1-14,21H,(H,20,22);1-9,14H,(H,15,16);1-4,8H;1-5H,7H2;1-4H2. The second kappa shape index (κ2) is 45.3. The zero-order chi connectivity index (χ0) is 88.1. The molecule has 122 heavy (non-hydrogen) atoms. The quantitative estimate of drug-likeness (QED) is 0.0103. The van der Waals surface area contributed by atoms with Crippen LogP contribution in [0, 0.1) is 30.3 Å². The number of phenols is 1. The maximum Gasteiger partial charge on any atom is 0.343 e. The van der Waals surface area contributed by atoms with Crippen LogP contribution in [0.3, 0.4) is 0 Å². The summed E-state index contributed by atoms with van der Waals surface area (Å²) in [4.78, 5) is 76.9. The summed E-state index contributed by atoms with van der Waals surface area (Å²) in [6.07, 6.45) is 2.56. The SMILES string of the molecule is C1CCOC1.Nc1ccccc1.O=C(Nc1ccccc1)c1ccc(S(=O)(=O)Nc2ccccc2)cc1.O=C(O)c1ccc(S(=O)(=O)Nc2ccccc2)cc1.O=C(Oc1ccc([N+](=O)[O-])cc1)c1ccc(S(=O)(=O)Nc2ccccc2)cc1.O=C(Oc1ccc([N+](=O)[O-])cc1)c1ccc(S(=O)(=O)Nc2ccccc2)cc1.O=[N+]([O-])c1ccc(O)cc1. The minimum atomic E-state index is -3.79. The summed E-state index contributed by atoms with van der Waals surface area (Å²) in [5, 5.41) is 51.5. The van der Waals surface area contributed by atoms with Crippen LogP contribution in [0.4, 0.5) is 51.2 Å². The van der Waals surface area contributed by atoms with Gasteiger partial charge in [-0.25, -0.2) is 48.1 Å². The number of nitrogens with two attached hydrogens (primary N) is 1. The molecule has 1 heterocycles. The van der Waals surface area contributed by atoms with E-state index in [2.05, 4.69) is 24.2 Å². The number of aromatic carboxylic acids is 1. The zero-order valence-electron chi connectivity index (χ0n) is 63.8. The van der Waals surface area contributed by atoms with Crippen LogP contribution in [0.25, 0.3) is 0 Å². The summed E-state index contributed by atoms with van der Waals surface area (Å²) in [7, 11) is -15.0. The van der Waals surface area contributed by atoms with Gasteiger partial charge in [0.2, 0.25) is 0 Å². The lowest BCUT2D eigenvalue weighted by atomic mass is 10.2. The molecule has 0 radical (unpaired) electrons. The third kappa shape index (κ3) is 30.5. The zero-order valence-corrected chi connectivity index (χ0v) is 67.1. The van der Waals surface area contributed by atoms with Crippen LogP contribution in [0.15, 0.2) is 371 Å². The topological polar surface area (TPSA) is 489 Å². The van der Waals surface area contributed by atoms with Crippen molar-refractivity contribution in [2.45, 2.75) is 32.4 Å². The number of phenolic OH excluding ortho intramolecular Hbond substituents is 1. The van der Waals surface area contributed by atoms with Gasteiger partial charge >= 0.3 is 17.9 Å². The highest BCUT2D eigenvalue weighted by Crippen LogP contribution is 2.26. The second-order valence-corrected chi connectivity index (χ2v) is 31.6. The molecular weight excluding hydrogens is 1660 g/mol. The first-order valence-corrected chi connectivity index (χ1v) is 41.8. The number of ether oxygens (including phenoxy) is 3. The number of carboxylic acid groups (broad SMARTS) is 1. The number of carboxylic acids is 1. The Morgan fingerprint density at radius 1 is 0.328 bits per heavy atom.